The van der Waals surface area contributed by atoms with Gasteiger partial charge in [0.1, 0.15) is 0 Å². The number of esters is 1. The Labute approximate surface area is 105 Å². The summed E-state index contributed by atoms with van der Waals surface area (Å²) in [5.74, 6) is 6.36. The van der Waals surface area contributed by atoms with Crippen molar-refractivity contribution < 1.29 is 9.53 Å². The Morgan fingerprint density at radius 2 is 1.35 bits per heavy atom. The summed E-state index contributed by atoms with van der Waals surface area (Å²) < 4.78 is 5.17. The third kappa shape index (κ3) is 8.80. The minimum atomic E-state index is -0.0370. The van der Waals surface area contributed by atoms with Crippen molar-refractivity contribution in [2.24, 2.45) is 0 Å². The fourth-order valence-electron chi connectivity index (χ4n) is 1.94. The second-order valence-corrected chi connectivity index (χ2v) is 4.65. The number of carbonyl (C=O) groups excluding carboxylic acids is 1. The van der Waals surface area contributed by atoms with E-state index < -0.39 is 0 Å². The van der Waals surface area contributed by atoms with Gasteiger partial charge >= 0.3 is 5.97 Å². The summed E-state index contributed by atoms with van der Waals surface area (Å²) in [6, 6.07) is 0. The number of hydrogen-bond acceptors (Lipinski definition) is 2. The lowest BCUT2D eigenvalue weighted by Gasteiger charge is -2.05. The van der Waals surface area contributed by atoms with Gasteiger partial charge in [0.2, 0.25) is 0 Å². The fraction of sp³-hybridized carbons (Fsp3) is 0.800. The quantitative estimate of drug-likeness (QED) is 0.472. The van der Waals surface area contributed by atoms with E-state index in [0.717, 1.165) is 32.1 Å². The van der Waals surface area contributed by atoms with E-state index in [9.17, 15) is 4.79 Å². The smallest absolute Gasteiger partial charge is 0.305 e. The molecule has 0 aliphatic carbocycles. The van der Waals surface area contributed by atoms with Gasteiger partial charge in [-0.15, -0.1) is 11.8 Å². The van der Waals surface area contributed by atoms with E-state index >= 15 is 0 Å². The van der Waals surface area contributed by atoms with Crippen LogP contribution in [-0.4, -0.2) is 12.6 Å². The summed E-state index contributed by atoms with van der Waals surface area (Å²) in [5.41, 5.74) is 0. The molecule has 0 atom stereocenters. The van der Waals surface area contributed by atoms with Crippen LogP contribution in [0.15, 0.2) is 0 Å². The molecule has 0 aromatic heterocycles. The van der Waals surface area contributed by atoms with Gasteiger partial charge in [-0.1, -0.05) is 25.7 Å². The van der Waals surface area contributed by atoms with E-state index in [4.69, 9.17) is 4.74 Å². The van der Waals surface area contributed by atoms with Gasteiger partial charge in [-0.05, 0) is 25.7 Å². The highest BCUT2D eigenvalue weighted by Gasteiger charge is 2.02. The summed E-state index contributed by atoms with van der Waals surface area (Å²) in [4.78, 5) is 11.3. The molecular formula is C15H24O2. The minimum Gasteiger partial charge on any atom is -0.466 e. The van der Waals surface area contributed by atoms with E-state index in [1.54, 1.807) is 0 Å². The first-order valence-corrected chi connectivity index (χ1v) is 7.01. The number of ether oxygens (including phenoxy) is 1. The van der Waals surface area contributed by atoms with Gasteiger partial charge in [0.25, 0.3) is 0 Å². The molecule has 0 aromatic rings. The molecule has 0 N–H and O–H groups in total. The van der Waals surface area contributed by atoms with Crippen molar-refractivity contribution in [1.82, 2.24) is 0 Å². The van der Waals surface area contributed by atoms with E-state index in [1.165, 1.54) is 32.1 Å². The zero-order valence-corrected chi connectivity index (χ0v) is 10.8. The van der Waals surface area contributed by atoms with Crippen LogP contribution in [0.2, 0.25) is 0 Å². The Bertz CT molecular complexity index is 260. The molecule has 0 aromatic carbocycles. The first-order chi connectivity index (χ1) is 8.39. The first-order valence-electron chi connectivity index (χ1n) is 7.01. The number of rotatable bonds is 0. The minimum absolute atomic E-state index is 0.0370. The molecule has 1 heterocycles. The third-order valence-electron chi connectivity index (χ3n) is 3.02. The summed E-state index contributed by atoms with van der Waals surface area (Å²) in [6.45, 7) is 0.610. The largest absolute Gasteiger partial charge is 0.466 e. The van der Waals surface area contributed by atoms with Crippen molar-refractivity contribution in [3.8, 4) is 11.8 Å². The Balaban J connectivity index is 2.21. The Morgan fingerprint density at radius 1 is 0.765 bits per heavy atom. The lowest BCUT2D eigenvalue weighted by atomic mass is 10.1. The van der Waals surface area contributed by atoms with E-state index in [2.05, 4.69) is 11.8 Å². The maximum atomic E-state index is 11.3. The molecule has 1 aliphatic rings. The molecule has 0 unspecified atom stereocenters. The molecule has 0 amide bonds. The molecule has 1 aliphatic heterocycles. The Morgan fingerprint density at radius 3 is 2.12 bits per heavy atom. The summed E-state index contributed by atoms with van der Waals surface area (Å²) in [7, 11) is 0. The van der Waals surface area contributed by atoms with E-state index in [0.29, 0.717) is 13.0 Å². The van der Waals surface area contributed by atoms with Crippen molar-refractivity contribution in [2.75, 3.05) is 6.61 Å². The molecule has 0 radical (unpaired) electrons. The van der Waals surface area contributed by atoms with Crippen molar-refractivity contribution in [2.45, 2.75) is 70.6 Å². The second-order valence-electron chi connectivity index (χ2n) is 4.65. The average molecular weight is 236 g/mol. The van der Waals surface area contributed by atoms with Crippen molar-refractivity contribution in [3.05, 3.63) is 0 Å². The molecular weight excluding hydrogens is 212 g/mol. The molecule has 0 bridgehead atoms. The highest BCUT2D eigenvalue weighted by atomic mass is 16.5. The maximum Gasteiger partial charge on any atom is 0.305 e. The summed E-state index contributed by atoms with van der Waals surface area (Å²) >= 11 is 0. The fourth-order valence-corrected chi connectivity index (χ4v) is 1.94. The second kappa shape index (κ2) is 10.2. The lowest BCUT2D eigenvalue weighted by molar-refractivity contribution is -0.143. The van der Waals surface area contributed by atoms with Gasteiger partial charge in [0, 0.05) is 19.3 Å². The van der Waals surface area contributed by atoms with Crippen molar-refractivity contribution >= 4 is 5.97 Å². The van der Waals surface area contributed by atoms with Crippen LogP contribution in [0.3, 0.4) is 0 Å². The molecule has 0 spiro atoms. The third-order valence-corrected chi connectivity index (χ3v) is 3.02. The predicted molar refractivity (Wildman–Crippen MR) is 69.5 cm³/mol. The summed E-state index contributed by atoms with van der Waals surface area (Å²) in [6.07, 6.45) is 11.7. The molecule has 2 heteroatoms. The monoisotopic (exact) mass is 236 g/mol. The summed E-state index contributed by atoms with van der Waals surface area (Å²) in [5, 5.41) is 0. The molecule has 17 heavy (non-hydrogen) atoms. The molecule has 0 saturated heterocycles. The number of hydrogen-bond donors (Lipinski definition) is 0. The van der Waals surface area contributed by atoms with Crippen LogP contribution in [0, 0.1) is 11.8 Å². The van der Waals surface area contributed by atoms with Crippen molar-refractivity contribution in [1.29, 1.82) is 0 Å². The standard InChI is InChI=1S/C15H24O2/c16-15-13-11-9-7-5-3-1-2-4-6-8-10-12-14-17-15/h1-2,4,6-14H2. The van der Waals surface area contributed by atoms with Gasteiger partial charge < -0.3 is 4.74 Å². The Kier molecular flexibility index (Phi) is 8.46. The SMILES string of the molecule is O=C1CCCCC#CCCCCCCCCO1. The lowest BCUT2D eigenvalue weighted by Crippen LogP contribution is -2.05. The number of cyclic esters (lactones) is 1. The van der Waals surface area contributed by atoms with Gasteiger partial charge in [0.05, 0.1) is 6.61 Å². The molecule has 96 valence electrons. The van der Waals surface area contributed by atoms with Crippen LogP contribution in [0.25, 0.3) is 0 Å². The Hall–Kier alpha value is -0.970. The van der Waals surface area contributed by atoms with Crippen LogP contribution >= 0.6 is 0 Å². The molecule has 2 nitrogen and oxygen atoms in total. The topological polar surface area (TPSA) is 26.3 Å². The first kappa shape index (κ1) is 14.1. The van der Waals surface area contributed by atoms with E-state index in [1.807, 2.05) is 0 Å². The molecule has 1 rings (SSSR count). The van der Waals surface area contributed by atoms with Gasteiger partial charge in [0.15, 0.2) is 0 Å². The van der Waals surface area contributed by atoms with Crippen LogP contribution in [0.5, 0.6) is 0 Å². The van der Waals surface area contributed by atoms with Crippen molar-refractivity contribution in [3.63, 3.8) is 0 Å². The van der Waals surface area contributed by atoms with Crippen LogP contribution in [0.1, 0.15) is 70.6 Å². The van der Waals surface area contributed by atoms with Gasteiger partial charge in [-0.3, -0.25) is 4.79 Å². The molecule has 0 fully saturated rings. The zero-order valence-electron chi connectivity index (χ0n) is 10.8. The van der Waals surface area contributed by atoms with Crippen LogP contribution < -0.4 is 0 Å². The van der Waals surface area contributed by atoms with Gasteiger partial charge in [-0.2, -0.15) is 0 Å². The highest BCUT2D eigenvalue weighted by molar-refractivity contribution is 5.69. The highest BCUT2D eigenvalue weighted by Crippen LogP contribution is 2.08. The predicted octanol–water partition coefficient (Wildman–Crippen LogP) is 3.84. The van der Waals surface area contributed by atoms with E-state index in [-0.39, 0.29) is 5.97 Å². The number of carbonyl (C=O) groups is 1. The maximum absolute atomic E-state index is 11.3. The van der Waals surface area contributed by atoms with Crippen LogP contribution in [0.4, 0.5) is 0 Å². The van der Waals surface area contributed by atoms with Gasteiger partial charge in [-0.25, -0.2) is 0 Å². The molecule has 0 saturated carbocycles. The normalized spacial score (nSPS) is 21.1. The average Bonchev–Trinajstić information content (AvgIpc) is 2.32. The van der Waals surface area contributed by atoms with Crippen LogP contribution in [-0.2, 0) is 9.53 Å². The zero-order chi connectivity index (χ0) is 12.2.